The van der Waals surface area contributed by atoms with E-state index < -0.39 is 0 Å². The van der Waals surface area contributed by atoms with Crippen molar-refractivity contribution in [3.8, 4) is 5.75 Å². The number of benzene rings is 1. The third kappa shape index (κ3) is 5.71. The molecule has 2 aromatic heterocycles. The number of methoxy groups -OCH3 is 1. The minimum atomic E-state index is -0.167. The van der Waals surface area contributed by atoms with Crippen molar-refractivity contribution in [3.05, 3.63) is 40.7 Å². The molecular formula is C31H41N9O3S. The number of hydrogen-bond acceptors (Lipinski definition) is 11. The van der Waals surface area contributed by atoms with Gasteiger partial charge in [-0.3, -0.25) is 19.4 Å². The van der Waals surface area contributed by atoms with Crippen molar-refractivity contribution in [3.63, 3.8) is 0 Å². The Balaban J connectivity index is 1.19. The molecule has 0 saturated carbocycles. The smallest absolute Gasteiger partial charge is 0.280 e. The highest BCUT2D eigenvalue weighted by atomic mass is 32.1. The number of likely N-dealkylation sites (tertiary alicyclic amines) is 1. The summed E-state index contributed by atoms with van der Waals surface area (Å²) in [6.45, 7) is 11.7. The summed E-state index contributed by atoms with van der Waals surface area (Å²) in [5.74, 6) is 1.32. The number of rotatable bonds is 6. The fraction of sp³-hybridized carbons (Fsp3) is 0.516. The average Bonchev–Trinajstić information content (AvgIpc) is 3.40. The Morgan fingerprint density at radius 3 is 2.48 bits per heavy atom. The van der Waals surface area contributed by atoms with Crippen molar-refractivity contribution in [1.29, 1.82) is 0 Å². The Bertz CT molecular complexity index is 1540. The third-order valence-corrected chi connectivity index (χ3v) is 9.83. The van der Waals surface area contributed by atoms with E-state index in [1.807, 2.05) is 49.8 Å². The molecule has 0 radical (unpaired) electrons. The number of amides is 2. The number of nitrogens with one attached hydrogen (secondary N) is 1. The van der Waals surface area contributed by atoms with Crippen molar-refractivity contribution in [2.45, 2.75) is 45.7 Å². The van der Waals surface area contributed by atoms with Gasteiger partial charge in [0.25, 0.3) is 11.8 Å². The predicted molar refractivity (Wildman–Crippen MR) is 173 cm³/mol. The number of aryl methyl sites for hydroxylation is 1. The largest absolute Gasteiger partial charge is 0.495 e. The molecule has 3 aliphatic rings. The second-order valence-corrected chi connectivity index (χ2v) is 13.2. The number of anilines is 5. The van der Waals surface area contributed by atoms with E-state index >= 15 is 0 Å². The fourth-order valence-corrected chi connectivity index (χ4v) is 7.18. The van der Waals surface area contributed by atoms with Crippen molar-refractivity contribution >= 4 is 51.3 Å². The lowest BCUT2D eigenvalue weighted by atomic mass is 10.0. The van der Waals surface area contributed by atoms with Crippen LogP contribution in [0, 0.1) is 6.92 Å². The molecule has 12 nitrogen and oxygen atoms in total. The molecule has 6 rings (SSSR count). The summed E-state index contributed by atoms with van der Waals surface area (Å²) < 4.78 is 5.70. The quantitative estimate of drug-likeness (QED) is 0.435. The SMILES string of the molecule is COc1cc(C(=O)N2CCC(N3CCN(C)CC3)CC2)ccc1Nc1ncc2c(n1)N(C)c1sc(C)nc1C(=O)N2C(C)C. The molecule has 5 heterocycles. The Labute approximate surface area is 262 Å². The molecule has 1 aromatic carbocycles. The molecular weight excluding hydrogens is 578 g/mol. The van der Waals surface area contributed by atoms with Crippen LogP contribution in [0.1, 0.15) is 52.5 Å². The fourth-order valence-electron chi connectivity index (χ4n) is 6.31. The lowest BCUT2D eigenvalue weighted by Gasteiger charge is -2.42. The molecule has 2 amide bonds. The van der Waals surface area contributed by atoms with E-state index in [0.29, 0.717) is 46.2 Å². The summed E-state index contributed by atoms with van der Waals surface area (Å²) in [7, 11) is 5.65. The van der Waals surface area contributed by atoms with Gasteiger partial charge >= 0.3 is 0 Å². The normalized spacial score (nSPS) is 18.3. The maximum absolute atomic E-state index is 13.5. The second-order valence-electron chi connectivity index (χ2n) is 12.0. The van der Waals surface area contributed by atoms with Crippen LogP contribution in [-0.2, 0) is 0 Å². The van der Waals surface area contributed by atoms with Crippen LogP contribution in [0.5, 0.6) is 5.75 Å². The lowest BCUT2D eigenvalue weighted by molar-refractivity contribution is 0.0518. The van der Waals surface area contributed by atoms with Crippen LogP contribution < -0.4 is 19.9 Å². The maximum atomic E-state index is 13.5. The van der Waals surface area contributed by atoms with Gasteiger partial charge in [-0.05, 0) is 58.9 Å². The Morgan fingerprint density at radius 1 is 1.07 bits per heavy atom. The van der Waals surface area contributed by atoms with Crippen LogP contribution in [0.4, 0.5) is 28.1 Å². The Morgan fingerprint density at radius 2 is 1.80 bits per heavy atom. The first-order chi connectivity index (χ1) is 21.1. The van der Waals surface area contributed by atoms with Crippen LogP contribution in [0.2, 0.25) is 0 Å². The number of likely N-dealkylation sites (N-methyl/N-ethyl adjacent to an activating group) is 1. The molecule has 2 fully saturated rings. The zero-order chi connectivity index (χ0) is 31.1. The van der Waals surface area contributed by atoms with E-state index in [9.17, 15) is 9.59 Å². The summed E-state index contributed by atoms with van der Waals surface area (Å²) in [6.07, 6.45) is 3.66. The van der Waals surface area contributed by atoms with Gasteiger partial charge < -0.3 is 24.8 Å². The monoisotopic (exact) mass is 619 g/mol. The number of fused-ring (bicyclic) bond motifs is 2. The standard InChI is InChI=1S/C31H41N9O3S/c1-19(2)40-24-18-32-31(35-27(24)37(5)30-26(29(40)42)33-20(3)44-30)34-23-8-7-21(17-25(23)43-6)28(41)39-11-9-22(10-12-39)38-15-13-36(4)14-16-38/h7-8,17-19,22H,9-16H2,1-6H3,(H,32,34,35). The molecule has 0 atom stereocenters. The van der Waals surface area contributed by atoms with Crippen molar-refractivity contribution in [1.82, 2.24) is 29.7 Å². The Hall–Kier alpha value is -3.81. The van der Waals surface area contributed by atoms with Gasteiger partial charge in [-0.2, -0.15) is 4.98 Å². The highest BCUT2D eigenvalue weighted by Gasteiger charge is 2.35. The zero-order valence-electron chi connectivity index (χ0n) is 26.3. The number of aromatic nitrogens is 3. The number of nitrogens with zero attached hydrogens (tertiary/aromatic N) is 8. The van der Waals surface area contributed by atoms with Gasteiger partial charge in [-0.15, -0.1) is 11.3 Å². The predicted octanol–water partition coefficient (Wildman–Crippen LogP) is 3.98. The molecule has 44 heavy (non-hydrogen) atoms. The van der Waals surface area contributed by atoms with Crippen molar-refractivity contribution in [2.75, 3.05) is 75.6 Å². The highest BCUT2D eigenvalue weighted by molar-refractivity contribution is 7.16. The van der Waals surface area contributed by atoms with E-state index in [1.165, 1.54) is 11.3 Å². The van der Waals surface area contributed by atoms with Crippen LogP contribution in [0.15, 0.2) is 24.4 Å². The molecule has 234 valence electrons. The van der Waals surface area contributed by atoms with E-state index in [0.717, 1.165) is 62.1 Å². The van der Waals surface area contributed by atoms with Gasteiger partial charge in [0.15, 0.2) is 11.5 Å². The van der Waals surface area contributed by atoms with E-state index in [4.69, 9.17) is 9.72 Å². The van der Waals surface area contributed by atoms with Gasteiger partial charge in [0.05, 0.1) is 24.0 Å². The van der Waals surface area contributed by atoms with Crippen LogP contribution >= 0.6 is 11.3 Å². The highest BCUT2D eigenvalue weighted by Crippen LogP contribution is 2.42. The van der Waals surface area contributed by atoms with Gasteiger partial charge in [0.1, 0.15) is 16.4 Å². The first-order valence-electron chi connectivity index (χ1n) is 15.2. The van der Waals surface area contributed by atoms with Crippen molar-refractivity contribution in [2.24, 2.45) is 0 Å². The molecule has 0 spiro atoms. The summed E-state index contributed by atoms with van der Waals surface area (Å²) in [5.41, 5.74) is 2.26. The van der Waals surface area contributed by atoms with E-state index in [2.05, 4.69) is 32.1 Å². The van der Waals surface area contributed by atoms with Gasteiger partial charge in [-0.25, -0.2) is 9.97 Å². The number of thiazole rings is 1. The van der Waals surface area contributed by atoms with Crippen LogP contribution in [0.3, 0.4) is 0 Å². The van der Waals surface area contributed by atoms with Crippen LogP contribution in [-0.4, -0.2) is 114 Å². The zero-order valence-corrected chi connectivity index (χ0v) is 27.1. The van der Waals surface area contributed by atoms with Gasteiger partial charge in [-0.1, -0.05) is 0 Å². The molecule has 1 N–H and O–H groups in total. The first kappa shape index (κ1) is 30.2. The summed E-state index contributed by atoms with van der Waals surface area (Å²) in [4.78, 5) is 51.4. The molecule has 13 heteroatoms. The second kappa shape index (κ2) is 12.3. The molecule has 3 aliphatic heterocycles. The molecule has 3 aromatic rings. The number of piperidine rings is 1. The summed E-state index contributed by atoms with van der Waals surface area (Å²) in [6, 6.07) is 5.86. The van der Waals surface area contributed by atoms with Crippen molar-refractivity contribution < 1.29 is 14.3 Å². The van der Waals surface area contributed by atoms with Gasteiger partial charge in [0.2, 0.25) is 5.95 Å². The number of hydrogen-bond donors (Lipinski definition) is 1. The summed E-state index contributed by atoms with van der Waals surface area (Å²) in [5, 5.41) is 4.82. The lowest BCUT2D eigenvalue weighted by Crippen LogP contribution is -2.52. The van der Waals surface area contributed by atoms with Crippen LogP contribution in [0.25, 0.3) is 0 Å². The number of ether oxygens (including phenoxy) is 1. The number of piperazine rings is 1. The topological polar surface area (TPSA) is 110 Å². The number of carbonyl (C=O) groups excluding carboxylic acids is 2. The molecule has 2 saturated heterocycles. The third-order valence-electron chi connectivity index (χ3n) is 8.79. The Kier molecular flexibility index (Phi) is 8.44. The summed E-state index contributed by atoms with van der Waals surface area (Å²) >= 11 is 1.46. The van der Waals surface area contributed by atoms with E-state index in [-0.39, 0.29) is 17.9 Å². The first-order valence-corrected chi connectivity index (χ1v) is 16.0. The number of carbonyl (C=O) groups is 2. The maximum Gasteiger partial charge on any atom is 0.280 e. The molecule has 0 bridgehead atoms. The minimum absolute atomic E-state index is 0.0173. The van der Waals surface area contributed by atoms with E-state index in [1.54, 1.807) is 24.3 Å². The average molecular weight is 620 g/mol. The van der Waals surface area contributed by atoms with Gasteiger partial charge in [0, 0.05) is 64.0 Å². The molecule has 0 aliphatic carbocycles. The minimum Gasteiger partial charge on any atom is -0.495 e. The molecule has 0 unspecified atom stereocenters.